The van der Waals surface area contributed by atoms with Gasteiger partial charge in [0, 0.05) is 24.9 Å². The van der Waals surface area contributed by atoms with Gasteiger partial charge in [0.1, 0.15) is 0 Å². The molecule has 2 aliphatic heterocycles. The van der Waals surface area contributed by atoms with Gasteiger partial charge < -0.3 is 14.6 Å². The molecule has 0 bridgehead atoms. The van der Waals surface area contributed by atoms with E-state index in [1.807, 2.05) is 30.5 Å². The van der Waals surface area contributed by atoms with Crippen molar-refractivity contribution in [2.45, 2.75) is 51.7 Å². The summed E-state index contributed by atoms with van der Waals surface area (Å²) < 4.78 is 12.4. The summed E-state index contributed by atoms with van der Waals surface area (Å²) in [6.07, 6.45) is 3.69. The maximum atomic E-state index is 6.23. The van der Waals surface area contributed by atoms with Crippen molar-refractivity contribution in [2.75, 3.05) is 11.9 Å². The van der Waals surface area contributed by atoms with E-state index in [9.17, 15) is 0 Å². The molecule has 1 aromatic rings. The maximum Gasteiger partial charge on any atom is 0.494 e. The van der Waals surface area contributed by atoms with Crippen molar-refractivity contribution >= 4 is 30.4 Å². The molecule has 0 aromatic heterocycles. The Bertz CT molecular complexity index is 644. The molecule has 1 atom stereocenters. The van der Waals surface area contributed by atoms with E-state index in [4.69, 9.17) is 9.31 Å². The number of anilines is 1. The smallest absolute Gasteiger partial charge is 0.399 e. The highest BCUT2D eigenvalue weighted by Gasteiger charge is 2.53. The van der Waals surface area contributed by atoms with Crippen LogP contribution in [0.2, 0.25) is 0 Å². The van der Waals surface area contributed by atoms with Crippen LogP contribution in [0.4, 0.5) is 5.69 Å². The second kappa shape index (κ2) is 6.09. The summed E-state index contributed by atoms with van der Waals surface area (Å²) in [6, 6.07) is 8.05. The van der Waals surface area contributed by atoms with Crippen LogP contribution in [0.1, 0.15) is 40.5 Å². The first-order valence-corrected chi connectivity index (χ1v) is 8.23. The van der Waals surface area contributed by atoms with E-state index in [2.05, 4.69) is 43.0 Å². The molecule has 0 radical (unpaired) electrons. The third-order valence-corrected chi connectivity index (χ3v) is 4.87. The lowest BCUT2D eigenvalue weighted by molar-refractivity contribution is -0.0118. The lowest BCUT2D eigenvalue weighted by Gasteiger charge is -2.35. The predicted octanol–water partition coefficient (Wildman–Crippen LogP) is 2.62. The number of hydrogen-bond donors (Lipinski definition) is 1. The number of benzene rings is 1. The maximum absolute atomic E-state index is 6.23. The van der Waals surface area contributed by atoms with Crippen molar-refractivity contribution in [3.05, 3.63) is 24.3 Å². The van der Waals surface area contributed by atoms with Gasteiger partial charge in [0.05, 0.1) is 11.2 Å². The highest BCUT2D eigenvalue weighted by molar-refractivity contribution is 6.62. The van der Waals surface area contributed by atoms with Gasteiger partial charge in [-0.05, 0) is 44.8 Å². The fourth-order valence-electron chi connectivity index (χ4n) is 2.82. The molecule has 3 rings (SSSR count). The number of guanidine groups is 1. The zero-order valence-corrected chi connectivity index (χ0v) is 14.3. The average Bonchev–Trinajstić information content (AvgIpc) is 2.79. The fraction of sp³-hybridized carbons (Fsp3) is 0.529. The van der Waals surface area contributed by atoms with Crippen molar-refractivity contribution in [2.24, 2.45) is 9.98 Å². The second-order valence-electron chi connectivity index (χ2n) is 6.72. The van der Waals surface area contributed by atoms with Crippen LogP contribution in [-0.4, -0.2) is 37.0 Å². The van der Waals surface area contributed by atoms with Gasteiger partial charge in [-0.3, -0.25) is 4.99 Å². The van der Waals surface area contributed by atoms with Crippen LogP contribution in [0.3, 0.4) is 0 Å². The van der Waals surface area contributed by atoms with E-state index < -0.39 is 0 Å². The summed E-state index contributed by atoms with van der Waals surface area (Å²) >= 11 is 0. The minimum atomic E-state index is -0.353. The molecule has 2 aliphatic rings. The molecule has 0 spiro atoms. The van der Waals surface area contributed by atoms with Gasteiger partial charge in [0.2, 0.25) is 5.96 Å². The Hall–Kier alpha value is -1.66. The van der Waals surface area contributed by atoms with Crippen molar-refractivity contribution < 1.29 is 9.31 Å². The third-order valence-electron chi connectivity index (χ3n) is 4.87. The topological polar surface area (TPSA) is 55.2 Å². The van der Waals surface area contributed by atoms with Crippen molar-refractivity contribution in [3.8, 4) is 0 Å². The van der Waals surface area contributed by atoms with Gasteiger partial charge in [-0.1, -0.05) is 19.1 Å². The predicted molar refractivity (Wildman–Crippen MR) is 95.8 cm³/mol. The summed E-state index contributed by atoms with van der Waals surface area (Å²) in [5.74, 6) is 0.653. The van der Waals surface area contributed by atoms with Crippen LogP contribution < -0.4 is 10.8 Å². The van der Waals surface area contributed by atoms with Gasteiger partial charge in [-0.15, -0.1) is 0 Å². The normalized spacial score (nSPS) is 26.3. The molecule has 5 nitrogen and oxygen atoms in total. The SMILES string of the molecule is CCC1(C)OB(c2cccc(NC3=NCCC=N3)c2)OC1(C)C. The Labute approximate surface area is 138 Å². The Kier molecular flexibility index (Phi) is 4.30. The average molecular weight is 313 g/mol. The first-order valence-electron chi connectivity index (χ1n) is 8.23. The van der Waals surface area contributed by atoms with E-state index >= 15 is 0 Å². The third kappa shape index (κ3) is 3.19. The standard InChI is InChI=1S/C17H24BN3O2/c1-5-17(4)16(2,3)22-18(23-17)13-8-6-9-14(12-13)21-15-19-10-7-11-20-15/h6,8-10,12H,5,7,11H2,1-4H3,(H,20,21). The molecule has 1 N–H and O–H groups in total. The first-order chi connectivity index (χ1) is 10.9. The summed E-state index contributed by atoms with van der Waals surface area (Å²) in [6.45, 7) is 9.20. The Morgan fingerprint density at radius 1 is 1.26 bits per heavy atom. The highest BCUT2D eigenvalue weighted by Crippen LogP contribution is 2.39. The van der Waals surface area contributed by atoms with E-state index in [0.29, 0.717) is 5.96 Å². The van der Waals surface area contributed by atoms with E-state index in [0.717, 1.165) is 30.5 Å². The van der Waals surface area contributed by atoms with Crippen LogP contribution in [0.5, 0.6) is 0 Å². The summed E-state index contributed by atoms with van der Waals surface area (Å²) in [4.78, 5) is 8.62. The van der Waals surface area contributed by atoms with Crippen molar-refractivity contribution in [3.63, 3.8) is 0 Å². The zero-order chi connectivity index (χ0) is 16.5. The molecule has 1 saturated heterocycles. The molecular formula is C17H24BN3O2. The number of aliphatic imine (C=N–C) groups is 2. The fourth-order valence-corrected chi connectivity index (χ4v) is 2.82. The van der Waals surface area contributed by atoms with Gasteiger partial charge in [-0.25, -0.2) is 4.99 Å². The largest absolute Gasteiger partial charge is 0.494 e. The molecule has 1 unspecified atom stereocenters. The molecule has 0 saturated carbocycles. The first kappa shape index (κ1) is 16.2. The second-order valence-corrected chi connectivity index (χ2v) is 6.72. The van der Waals surface area contributed by atoms with E-state index in [-0.39, 0.29) is 18.3 Å². The van der Waals surface area contributed by atoms with Crippen LogP contribution in [0.25, 0.3) is 0 Å². The number of nitrogens with one attached hydrogen (secondary N) is 1. The van der Waals surface area contributed by atoms with Crippen LogP contribution >= 0.6 is 0 Å². The summed E-state index contributed by atoms with van der Waals surface area (Å²) in [7, 11) is -0.353. The van der Waals surface area contributed by atoms with Crippen molar-refractivity contribution in [1.29, 1.82) is 0 Å². The number of rotatable bonds is 3. The molecule has 23 heavy (non-hydrogen) atoms. The molecule has 0 aliphatic carbocycles. The van der Waals surface area contributed by atoms with Crippen LogP contribution in [-0.2, 0) is 9.31 Å². The Morgan fingerprint density at radius 2 is 2.09 bits per heavy atom. The summed E-state index contributed by atoms with van der Waals surface area (Å²) in [5, 5.41) is 3.24. The zero-order valence-electron chi connectivity index (χ0n) is 14.3. The van der Waals surface area contributed by atoms with Gasteiger partial charge in [0.15, 0.2) is 0 Å². The minimum absolute atomic E-state index is 0.293. The van der Waals surface area contributed by atoms with Gasteiger partial charge >= 0.3 is 7.12 Å². The summed E-state index contributed by atoms with van der Waals surface area (Å²) in [5.41, 5.74) is 1.32. The van der Waals surface area contributed by atoms with Crippen molar-refractivity contribution in [1.82, 2.24) is 0 Å². The number of hydrogen-bond acceptors (Lipinski definition) is 5. The Balaban J connectivity index is 1.78. The molecule has 2 heterocycles. The lowest BCUT2D eigenvalue weighted by atomic mass is 9.79. The molecule has 1 aromatic carbocycles. The number of nitrogens with zero attached hydrogens (tertiary/aromatic N) is 2. The minimum Gasteiger partial charge on any atom is -0.399 e. The van der Waals surface area contributed by atoms with Gasteiger partial charge in [0.25, 0.3) is 0 Å². The van der Waals surface area contributed by atoms with E-state index in [1.54, 1.807) is 0 Å². The van der Waals surface area contributed by atoms with E-state index in [1.165, 1.54) is 0 Å². The molecule has 6 heteroatoms. The monoisotopic (exact) mass is 313 g/mol. The molecule has 122 valence electrons. The Morgan fingerprint density at radius 3 is 2.74 bits per heavy atom. The van der Waals surface area contributed by atoms with Crippen LogP contribution in [0, 0.1) is 0 Å². The molecular weight excluding hydrogens is 289 g/mol. The quantitative estimate of drug-likeness (QED) is 0.873. The lowest BCUT2D eigenvalue weighted by Crippen LogP contribution is -2.44. The highest BCUT2D eigenvalue weighted by atomic mass is 16.7. The van der Waals surface area contributed by atoms with Crippen LogP contribution in [0.15, 0.2) is 34.3 Å². The molecule has 1 fully saturated rings. The molecule has 0 amide bonds. The van der Waals surface area contributed by atoms with Gasteiger partial charge in [-0.2, -0.15) is 0 Å².